The number of aromatic nitrogens is 1. The van der Waals surface area contributed by atoms with Crippen molar-refractivity contribution >= 4 is 29.1 Å². The molecule has 2 heterocycles. The van der Waals surface area contributed by atoms with Crippen LogP contribution in [0.4, 0.5) is 0 Å². The summed E-state index contributed by atoms with van der Waals surface area (Å²) in [4.78, 5) is 16.1. The second-order valence-corrected chi connectivity index (χ2v) is 10.1. The molecule has 1 aromatic heterocycles. The fourth-order valence-electron chi connectivity index (χ4n) is 5.37. The number of hydrogen-bond acceptors (Lipinski definition) is 5. The van der Waals surface area contributed by atoms with E-state index < -0.39 is 0 Å². The Morgan fingerprint density at radius 1 is 1.12 bits per heavy atom. The summed E-state index contributed by atoms with van der Waals surface area (Å²) in [7, 11) is 0. The lowest BCUT2D eigenvalue weighted by atomic mass is 9.89. The maximum Gasteiger partial charge on any atom is 0.257 e. The van der Waals surface area contributed by atoms with Crippen molar-refractivity contribution in [2.45, 2.75) is 83.4 Å². The van der Waals surface area contributed by atoms with E-state index in [1.807, 2.05) is 0 Å². The van der Waals surface area contributed by atoms with Gasteiger partial charge in [-0.2, -0.15) is 0 Å². The summed E-state index contributed by atoms with van der Waals surface area (Å²) in [6, 6.07) is 6.01. The lowest BCUT2D eigenvalue weighted by Gasteiger charge is -2.36. The number of carbonyl (C=O) groups is 1. The molecule has 186 valence electrons. The molecule has 1 N–H and O–H groups in total. The van der Waals surface area contributed by atoms with Gasteiger partial charge in [-0.3, -0.25) is 4.79 Å². The molecule has 2 fully saturated rings. The average Bonchev–Trinajstić information content (AvgIpc) is 3.49. The van der Waals surface area contributed by atoms with Crippen LogP contribution in [0.1, 0.15) is 74.9 Å². The first-order valence-corrected chi connectivity index (χ1v) is 13.4. The zero-order valence-corrected chi connectivity index (χ0v) is 21.6. The van der Waals surface area contributed by atoms with Gasteiger partial charge in [-0.15, -0.1) is 0 Å². The summed E-state index contributed by atoms with van der Waals surface area (Å²) in [5.41, 5.74) is 1.39. The molecule has 8 heteroatoms. The average molecular weight is 508 g/mol. The number of ether oxygens (including phenoxy) is 1. The molecular formula is C26H35Cl2N3O3. The third-order valence-corrected chi connectivity index (χ3v) is 7.90. The van der Waals surface area contributed by atoms with Crippen LogP contribution in [0.25, 0.3) is 11.3 Å². The van der Waals surface area contributed by atoms with Gasteiger partial charge in [0.15, 0.2) is 0 Å². The minimum atomic E-state index is -0.166. The van der Waals surface area contributed by atoms with Crippen molar-refractivity contribution in [2.24, 2.45) is 0 Å². The molecule has 1 aromatic carbocycles. The Morgan fingerprint density at radius 3 is 2.44 bits per heavy atom. The van der Waals surface area contributed by atoms with E-state index in [2.05, 4.69) is 29.2 Å². The minimum Gasteiger partial charge on any atom is -0.378 e. The number of halogens is 2. The second-order valence-electron chi connectivity index (χ2n) is 9.30. The summed E-state index contributed by atoms with van der Waals surface area (Å²) in [6.45, 7) is 7.35. The van der Waals surface area contributed by atoms with Crippen LogP contribution in [0.2, 0.25) is 10.0 Å². The molecule has 0 bridgehead atoms. The highest BCUT2D eigenvalue weighted by atomic mass is 35.5. The molecule has 4 rings (SSSR count). The Kier molecular flexibility index (Phi) is 8.92. The summed E-state index contributed by atoms with van der Waals surface area (Å²) in [5, 5.41) is 8.42. The SMILES string of the molecule is CCN(CC)C1CCC(NC(=O)c2c(-c3c(Cl)cccc3Cl)noc2CCC2CCCO2)CC1. The molecule has 6 nitrogen and oxygen atoms in total. The van der Waals surface area contributed by atoms with Crippen LogP contribution in [0.5, 0.6) is 0 Å². The quantitative estimate of drug-likeness (QED) is 0.441. The van der Waals surface area contributed by atoms with Crippen molar-refractivity contribution in [2.75, 3.05) is 19.7 Å². The number of nitrogens with zero attached hydrogens (tertiary/aromatic N) is 2. The van der Waals surface area contributed by atoms with Gasteiger partial charge in [0.05, 0.1) is 16.1 Å². The Bertz CT molecular complexity index is 942. The minimum absolute atomic E-state index is 0.134. The van der Waals surface area contributed by atoms with Crippen molar-refractivity contribution in [1.29, 1.82) is 0 Å². The van der Waals surface area contributed by atoms with Crippen LogP contribution in [0.15, 0.2) is 22.7 Å². The van der Waals surface area contributed by atoms with Gasteiger partial charge in [-0.1, -0.05) is 48.3 Å². The molecule has 1 amide bonds. The van der Waals surface area contributed by atoms with E-state index in [0.29, 0.717) is 45.1 Å². The third-order valence-electron chi connectivity index (χ3n) is 7.27. The lowest BCUT2D eigenvalue weighted by Crippen LogP contribution is -2.44. The van der Waals surface area contributed by atoms with Crippen LogP contribution < -0.4 is 5.32 Å². The first-order valence-electron chi connectivity index (χ1n) is 12.6. The van der Waals surface area contributed by atoms with E-state index >= 15 is 0 Å². The highest BCUT2D eigenvalue weighted by molar-refractivity contribution is 6.39. The summed E-state index contributed by atoms with van der Waals surface area (Å²) < 4.78 is 11.5. The molecule has 1 atom stereocenters. The lowest BCUT2D eigenvalue weighted by molar-refractivity contribution is 0.0900. The van der Waals surface area contributed by atoms with Gasteiger partial charge in [-0.05, 0) is 70.2 Å². The van der Waals surface area contributed by atoms with E-state index in [9.17, 15) is 4.79 Å². The van der Waals surface area contributed by atoms with E-state index in [1.54, 1.807) is 18.2 Å². The van der Waals surface area contributed by atoms with Crippen molar-refractivity contribution in [3.63, 3.8) is 0 Å². The molecular weight excluding hydrogens is 473 g/mol. The fraction of sp³-hybridized carbons (Fsp3) is 0.615. The maximum atomic E-state index is 13.6. The third kappa shape index (κ3) is 5.78. The van der Waals surface area contributed by atoms with E-state index in [-0.39, 0.29) is 18.1 Å². The predicted molar refractivity (Wildman–Crippen MR) is 136 cm³/mol. The van der Waals surface area contributed by atoms with Crippen LogP contribution in [0.3, 0.4) is 0 Å². The molecule has 2 aromatic rings. The zero-order valence-electron chi connectivity index (χ0n) is 20.1. The molecule has 1 saturated carbocycles. The molecule has 0 radical (unpaired) electrons. The van der Waals surface area contributed by atoms with Gasteiger partial charge in [0.2, 0.25) is 0 Å². The predicted octanol–water partition coefficient (Wildman–Crippen LogP) is 6.14. The van der Waals surface area contributed by atoms with Gasteiger partial charge in [0.25, 0.3) is 5.91 Å². The van der Waals surface area contributed by atoms with Gasteiger partial charge >= 0.3 is 0 Å². The number of benzene rings is 1. The van der Waals surface area contributed by atoms with E-state index in [0.717, 1.165) is 64.6 Å². The van der Waals surface area contributed by atoms with Crippen molar-refractivity contribution < 1.29 is 14.1 Å². The Hall–Kier alpha value is -1.60. The van der Waals surface area contributed by atoms with Crippen LogP contribution >= 0.6 is 23.2 Å². The normalized spacial score (nSPS) is 22.9. The maximum absolute atomic E-state index is 13.6. The Labute approximate surface area is 212 Å². The Balaban J connectivity index is 1.53. The molecule has 1 unspecified atom stereocenters. The highest BCUT2D eigenvalue weighted by Gasteiger charge is 2.31. The number of aryl methyl sites for hydroxylation is 1. The van der Waals surface area contributed by atoms with Crippen LogP contribution in [0, 0.1) is 0 Å². The second kappa shape index (κ2) is 11.9. The van der Waals surface area contributed by atoms with Gasteiger partial charge < -0.3 is 19.5 Å². The molecule has 1 aliphatic heterocycles. The zero-order chi connectivity index (χ0) is 24.1. The van der Waals surface area contributed by atoms with Crippen LogP contribution in [-0.2, 0) is 11.2 Å². The van der Waals surface area contributed by atoms with Crippen molar-refractivity contribution in [1.82, 2.24) is 15.4 Å². The number of rotatable bonds is 9. The first kappa shape index (κ1) is 25.5. The summed E-state index contributed by atoms with van der Waals surface area (Å²) in [6.07, 6.45) is 7.79. The molecule has 1 saturated heterocycles. The largest absolute Gasteiger partial charge is 0.378 e. The molecule has 2 aliphatic rings. The van der Waals surface area contributed by atoms with Gasteiger partial charge in [0.1, 0.15) is 17.0 Å². The number of hydrogen-bond donors (Lipinski definition) is 1. The number of nitrogens with one attached hydrogen (secondary N) is 1. The fourth-order valence-corrected chi connectivity index (χ4v) is 5.95. The molecule has 34 heavy (non-hydrogen) atoms. The Morgan fingerprint density at radius 2 is 1.82 bits per heavy atom. The smallest absolute Gasteiger partial charge is 0.257 e. The standard InChI is InChI=1S/C26H35Cl2N3O3/c1-3-31(4-2)18-12-10-17(11-13-18)29-26(32)24-22(15-14-19-7-6-16-33-19)34-30-25(24)23-20(27)8-5-9-21(23)28/h5,8-9,17-19H,3-4,6-7,10-16H2,1-2H3,(H,29,32). The summed E-state index contributed by atoms with van der Waals surface area (Å²) in [5.74, 6) is 0.400. The van der Waals surface area contributed by atoms with E-state index in [4.69, 9.17) is 32.5 Å². The number of carbonyl (C=O) groups excluding carboxylic acids is 1. The highest BCUT2D eigenvalue weighted by Crippen LogP contribution is 2.37. The number of amides is 1. The topological polar surface area (TPSA) is 67.6 Å². The molecule has 0 spiro atoms. The van der Waals surface area contributed by atoms with Crippen molar-refractivity contribution in [3.05, 3.63) is 39.6 Å². The molecule has 1 aliphatic carbocycles. The summed E-state index contributed by atoms with van der Waals surface area (Å²) >= 11 is 12.9. The monoisotopic (exact) mass is 507 g/mol. The van der Waals surface area contributed by atoms with Crippen molar-refractivity contribution in [3.8, 4) is 11.3 Å². The first-order chi connectivity index (χ1) is 16.5. The van der Waals surface area contributed by atoms with E-state index in [1.165, 1.54) is 0 Å². The van der Waals surface area contributed by atoms with Gasteiger partial charge in [0, 0.05) is 30.7 Å². The van der Waals surface area contributed by atoms with Crippen LogP contribution in [-0.4, -0.2) is 53.8 Å². The van der Waals surface area contributed by atoms with Gasteiger partial charge in [-0.25, -0.2) is 0 Å².